The van der Waals surface area contributed by atoms with Crippen LogP contribution in [0.4, 0.5) is 11.4 Å². The van der Waals surface area contributed by atoms with Crippen LogP contribution in [0.5, 0.6) is 11.5 Å². The minimum atomic E-state index is -0.602. The smallest absolute Gasteiger partial charge is 0.270 e. The molecule has 0 saturated heterocycles. The molecule has 4 bridgehead atoms. The fourth-order valence-electron chi connectivity index (χ4n) is 5.05. The van der Waals surface area contributed by atoms with E-state index in [4.69, 9.17) is 37.9 Å². The minimum Gasteiger partial charge on any atom is -0.496 e. The summed E-state index contributed by atoms with van der Waals surface area (Å²) < 4.78 is 43.0. The number of carbonyl (C=O) groups excluding carboxylic acids is 4. The molecule has 0 atom stereocenters. The Labute approximate surface area is 321 Å². The van der Waals surface area contributed by atoms with E-state index in [2.05, 4.69) is 21.3 Å². The molecule has 4 amide bonds. The van der Waals surface area contributed by atoms with Crippen LogP contribution >= 0.6 is 0 Å². The number of nitrogens with one attached hydrogen (secondary N) is 4. The highest BCUT2D eigenvalue weighted by molar-refractivity contribution is 5.79. The molecule has 22 heteroatoms. The quantitative estimate of drug-likeness (QED) is 0.230. The molecule has 0 saturated carbocycles. The number of nitrogens with zero attached hydrogens (tertiary/aromatic N) is 2. The lowest BCUT2D eigenvalue weighted by molar-refractivity contribution is -0.385. The van der Waals surface area contributed by atoms with Crippen molar-refractivity contribution >= 4 is 35.0 Å². The molecule has 56 heavy (non-hydrogen) atoms. The molecular formula is C34H46N6O16. The molecule has 2 aromatic rings. The van der Waals surface area contributed by atoms with E-state index in [1.807, 2.05) is 0 Å². The van der Waals surface area contributed by atoms with Gasteiger partial charge in [0.1, 0.15) is 37.9 Å². The topological polar surface area (TPSA) is 277 Å². The van der Waals surface area contributed by atoms with Gasteiger partial charge in [0, 0.05) is 72.7 Å². The van der Waals surface area contributed by atoms with Crippen molar-refractivity contribution in [1.29, 1.82) is 0 Å². The summed E-state index contributed by atoms with van der Waals surface area (Å²) >= 11 is 0. The Hall–Kier alpha value is -5.52. The van der Waals surface area contributed by atoms with Gasteiger partial charge in [-0.25, -0.2) is 0 Å². The Balaban J connectivity index is 1.60. The Morgan fingerprint density at radius 3 is 0.911 bits per heavy atom. The molecule has 308 valence electrons. The average molecular weight is 795 g/mol. The average Bonchev–Trinajstić information content (AvgIpc) is 3.18. The van der Waals surface area contributed by atoms with Crippen molar-refractivity contribution < 1.29 is 66.9 Å². The van der Waals surface area contributed by atoms with Crippen LogP contribution in [0.25, 0.3) is 0 Å². The van der Waals surface area contributed by atoms with E-state index in [1.54, 1.807) is 0 Å². The fourth-order valence-corrected chi connectivity index (χ4v) is 5.05. The van der Waals surface area contributed by atoms with Gasteiger partial charge in [0.05, 0.1) is 76.9 Å². The third-order valence-corrected chi connectivity index (χ3v) is 7.61. The number of benzene rings is 2. The first kappa shape index (κ1) is 44.9. The summed E-state index contributed by atoms with van der Waals surface area (Å²) in [6.45, 7) is -1.17. The highest BCUT2D eigenvalue weighted by atomic mass is 16.6. The number of ether oxygens (including phenoxy) is 8. The third-order valence-electron chi connectivity index (χ3n) is 7.61. The largest absolute Gasteiger partial charge is 0.496 e. The SMILES string of the molecule is COc1c2cc([N+](=O)[O-])cc1CNC(=O)COCCOCCOCC(=O)NCc1cc([N+](=O)[O-])cc(c1OC)CNC(=O)COCCOCCOCC(=O)NC2. The van der Waals surface area contributed by atoms with Gasteiger partial charge in [-0.2, -0.15) is 0 Å². The monoisotopic (exact) mass is 794 g/mol. The Bertz CT molecular complexity index is 1440. The highest BCUT2D eigenvalue weighted by Gasteiger charge is 2.20. The molecule has 1 heterocycles. The predicted molar refractivity (Wildman–Crippen MR) is 192 cm³/mol. The van der Waals surface area contributed by atoms with Gasteiger partial charge in [0.2, 0.25) is 23.6 Å². The van der Waals surface area contributed by atoms with Gasteiger partial charge in [0.15, 0.2) is 0 Å². The van der Waals surface area contributed by atoms with Crippen LogP contribution in [0.1, 0.15) is 22.3 Å². The molecule has 3 rings (SSSR count). The normalized spacial score (nSPS) is 17.6. The van der Waals surface area contributed by atoms with E-state index >= 15 is 0 Å². The summed E-state index contributed by atoms with van der Waals surface area (Å²) in [4.78, 5) is 71.7. The molecule has 0 unspecified atom stereocenters. The Morgan fingerprint density at radius 1 is 0.464 bits per heavy atom. The van der Waals surface area contributed by atoms with Gasteiger partial charge in [-0.1, -0.05) is 0 Å². The molecule has 22 nitrogen and oxygen atoms in total. The maximum atomic E-state index is 12.4. The van der Waals surface area contributed by atoms with E-state index in [-0.39, 0.29) is 128 Å². The molecule has 0 fully saturated rings. The molecule has 0 aromatic heterocycles. The summed E-state index contributed by atoms with van der Waals surface area (Å²) in [6.07, 6.45) is 0. The van der Waals surface area contributed by atoms with Gasteiger partial charge < -0.3 is 59.2 Å². The third kappa shape index (κ3) is 16.1. The second-order valence-electron chi connectivity index (χ2n) is 11.7. The lowest BCUT2D eigenvalue weighted by Crippen LogP contribution is -2.29. The van der Waals surface area contributed by atoms with Crippen molar-refractivity contribution in [3.8, 4) is 11.5 Å². The van der Waals surface area contributed by atoms with Gasteiger partial charge in [-0.15, -0.1) is 0 Å². The lowest BCUT2D eigenvalue weighted by Gasteiger charge is -2.15. The Morgan fingerprint density at radius 2 is 0.696 bits per heavy atom. The molecule has 0 spiro atoms. The van der Waals surface area contributed by atoms with Gasteiger partial charge in [-0.3, -0.25) is 39.4 Å². The number of nitro groups is 2. The van der Waals surface area contributed by atoms with Crippen LogP contribution in [0.15, 0.2) is 24.3 Å². The molecule has 0 radical (unpaired) electrons. The van der Waals surface area contributed by atoms with Crippen LogP contribution in [0.2, 0.25) is 0 Å². The molecule has 1 aliphatic rings. The molecule has 0 aliphatic carbocycles. The van der Waals surface area contributed by atoms with E-state index < -0.39 is 33.5 Å². The van der Waals surface area contributed by atoms with Crippen molar-refractivity contribution in [3.05, 3.63) is 66.7 Å². The van der Waals surface area contributed by atoms with E-state index in [9.17, 15) is 39.4 Å². The number of hydrogen-bond donors (Lipinski definition) is 4. The fraction of sp³-hybridized carbons (Fsp3) is 0.529. The van der Waals surface area contributed by atoms with Crippen LogP contribution in [0.3, 0.4) is 0 Å². The summed E-state index contributed by atoms with van der Waals surface area (Å²) in [6, 6.07) is 5.03. The summed E-state index contributed by atoms with van der Waals surface area (Å²) in [5.41, 5.74) is 0.666. The van der Waals surface area contributed by atoms with E-state index in [1.165, 1.54) is 38.5 Å². The molecule has 2 aromatic carbocycles. The van der Waals surface area contributed by atoms with Crippen LogP contribution in [0, 0.1) is 20.2 Å². The first-order valence-electron chi connectivity index (χ1n) is 17.2. The number of hydrogen-bond acceptors (Lipinski definition) is 16. The van der Waals surface area contributed by atoms with Crippen molar-refractivity contribution in [2.45, 2.75) is 26.2 Å². The van der Waals surface area contributed by atoms with Gasteiger partial charge >= 0.3 is 0 Å². The number of nitro benzene ring substituents is 2. The summed E-state index contributed by atoms with van der Waals surface area (Å²) in [7, 11) is 2.72. The van der Waals surface area contributed by atoms with E-state index in [0.717, 1.165) is 0 Å². The number of fused-ring (bicyclic) bond motifs is 4. The zero-order chi connectivity index (χ0) is 40.7. The zero-order valence-electron chi connectivity index (χ0n) is 31.0. The first-order valence-corrected chi connectivity index (χ1v) is 17.2. The van der Waals surface area contributed by atoms with Crippen molar-refractivity contribution in [3.63, 3.8) is 0 Å². The second-order valence-corrected chi connectivity index (χ2v) is 11.7. The minimum absolute atomic E-state index is 0.0547. The maximum absolute atomic E-state index is 12.4. The summed E-state index contributed by atoms with van der Waals surface area (Å²) in [5, 5.41) is 33.7. The van der Waals surface area contributed by atoms with Crippen LogP contribution < -0.4 is 30.7 Å². The van der Waals surface area contributed by atoms with Crippen molar-refractivity contribution in [2.24, 2.45) is 0 Å². The predicted octanol–water partition coefficient (Wildman–Crippen LogP) is -0.202. The van der Waals surface area contributed by atoms with Crippen LogP contribution in [-0.2, 0) is 73.8 Å². The maximum Gasteiger partial charge on any atom is 0.270 e. The Kier molecular flexibility index (Phi) is 19.9. The molecular weight excluding hydrogens is 748 g/mol. The van der Waals surface area contributed by atoms with E-state index in [0.29, 0.717) is 22.3 Å². The molecule has 1 aliphatic heterocycles. The van der Waals surface area contributed by atoms with Crippen molar-refractivity contribution in [2.75, 3.05) is 93.5 Å². The zero-order valence-corrected chi connectivity index (χ0v) is 31.0. The lowest BCUT2D eigenvalue weighted by atomic mass is 10.1. The highest BCUT2D eigenvalue weighted by Crippen LogP contribution is 2.31. The molecule has 4 N–H and O–H groups in total. The van der Waals surface area contributed by atoms with Crippen LogP contribution in [-0.4, -0.2) is 127 Å². The number of non-ortho nitro benzene ring substituents is 2. The number of carbonyl (C=O) groups is 4. The van der Waals surface area contributed by atoms with Gasteiger partial charge in [-0.05, 0) is 0 Å². The van der Waals surface area contributed by atoms with Gasteiger partial charge in [0.25, 0.3) is 11.4 Å². The number of amides is 4. The summed E-state index contributed by atoms with van der Waals surface area (Å²) in [5.74, 6) is -1.56. The number of rotatable bonds is 4. The second kappa shape index (κ2) is 24.8. The number of methoxy groups -OCH3 is 2. The standard InChI is InChI=1S/C34H46N6O16/c1-49-33-23-11-27(39(45)46)12-24(33)16-36-30(42)20-54-8-4-52-6-10-56-22-32(44)38-18-26-14-28(40(47)48)13-25(34(26)50-2)17-37-31(43)21-55-9-5-51-3-7-53-19-29(41)35-15-23/h11-14H,3-10,15-22H2,1-2H3,(H,35,41)(H,36,42)(H,37,43)(H,38,44). The van der Waals surface area contributed by atoms with Crippen molar-refractivity contribution in [1.82, 2.24) is 21.3 Å². The first-order chi connectivity index (χ1) is 27.0.